The van der Waals surface area contributed by atoms with E-state index in [1.165, 1.54) is 101 Å². The molecular formula is C45H76O2Si4. The van der Waals surface area contributed by atoms with Crippen molar-refractivity contribution in [1.82, 2.24) is 0 Å². The molecular weight excluding hydrogens is 685 g/mol. The van der Waals surface area contributed by atoms with Crippen LogP contribution in [0.5, 0.6) is 0 Å². The van der Waals surface area contributed by atoms with Gasteiger partial charge in [0.1, 0.15) is 0 Å². The van der Waals surface area contributed by atoms with Gasteiger partial charge in [0, 0.05) is 0 Å². The minimum atomic E-state index is -1.44. The number of ether oxygens (including phenoxy) is 2. The molecule has 6 heteroatoms. The lowest BCUT2D eigenvalue weighted by molar-refractivity contribution is 0.300. The molecule has 4 fully saturated rings. The van der Waals surface area contributed by atoms with Crippen molar-refractivity contribution in [3.05, 3.63) is 48.5 Å². The Hall–Kier alpha value is -0.772. The van der Waals surface area contributed by atoms with Gasteiger partial charge in [0.05, 0.1) is 56.7 Å². The lowest BCUT2D eigenvalue weighted by Gasteiger charge is -2.31. The van der Waals surface area contributed by atoms with Crippen LogP contribution in [-0.4, -0.2) is 56.7 Å². The van der Waals surface area contributed by atoms with Crippen molar-refractivity contribution < 1.29 is 9.47 Å². The molecule has 2 saturated heterocycles. The van der Waals surface area contributed by atoms with Gasteiger partial charge < -0.3 is 9.47 Å². The first-order valence-electron chi connectivity index (χ1n) is 21.5. The van der Waals surface area contributed by atoms with Crippen molar-refractivity contribution in [2.24, 2.45) is 17.3 Å². The minimum absolute atomic E-state index is 0.434. The molecule has 0 spiro atoms. The maximum Gasteiger partial charge on any atom is 0.0844 e. The smallest absolute Gasteiger partial charge is 0.0844 e. The Labute approximate surface area is 318 Å². The fourth-order valence-electron chi connectivity index (χ4n) is 10.1. The van der Waals surface area contributed by atoms with Crippen LogP contribution in [0.2, 0.25) is 76.6 Å². The highest BCUT2D eigenvalue weighted by Crippen LogP contribution is 2.42. The summed E-state index contributed by atoms with van der Waals surface area (Å²) in [6.07, 6.45) is 18.9. The lowest BCUT2D eigenvalue weighted by Crippen LogP contribution is -2.45. The highest BCUT2D eigenvalue weighted by Gasteiger charge is 2.45. The van der Waals surface area contributed by atoms with Crippen LogP contribution in [0.15, 0.2) is 48.5 Å². The molecule has 2 saturated carbocycles. The molecule has 4 aliphatic rings. The van der Waals surface area contributed by atoms with E-state index >= 15 is 0 Å². The largest absolute Gasteiger partial charge is 0.370 e. The van der Waals surface area contributed by atoms with Crippen LogP contribution in [0.3, 0.4) is 0 Å². The van der Waals surface area contributed by atoms with E-state index in [9.17, 15) is 0 Å². The first kappa shape index (κ1) is 39.9. The van der Waals surface area contributed by atoms with Gasteiger partial charge in [0.25, 0.3) is 0 Å². The molecule has 51 heavy (non-hydrogen) atoms. The van der Waals surface area contributed by atoms with Crippen molar-refractivity contribution in [2.75, 3.05) is 0 Å². The second-order valence-electron chi connectivity index (χ2n) is 21.4. The highest BCUT2D eigenvalue weighted by atomic mass is 28.3. The molecule has 0 amide bonds. The van der Waals surface area contributed by atoms with Crippen molar-refractivity contribution in [3.8, 4) is 0 Å². The van der Waals surface area contributed by atoms with Gasteiger partial charge in [-0.25, -0.2) is 0 Å². The van der Waals surface area contributed by atoms with Crippen molar-refractivity contribution in [3.63, 3.8) is 0 Å². The van der Waals surface area contributed by atoms with Gasteiger partial charge in [0.2, 0.25) is 0 Å². The summed E-state index contributed by atoms with van der Waals surface area (Å²) in [4.78, 5) is 0. The van der Waals surface area contributed by atoms with E-state index in [-0.39, 0.29) is 0 Å². The fraction of sp³-hybridized carbons (Fsp3) is 0.733. The number of rotatable bonds is 18. The van der Waals surface area contributed by atoms with E-state index < -0.39 is 32.3 Å². The maximum absolute atomic E-state index is 5.81. The van der Waals surface area contributed by atoms with Gasteiger partial charge in [-0.3, -0.25) is 0 Å². The first-order valence-corrected chi connectivity index (χ1v) is 34.3. The molecule has 2 aliphatic carbocycles. The monoisotopic (exact) mass is 760 g/mol. The normalized spacial score (nSPS) is 26.8. The summed E-state index contributed by atoms with van der Waals surface area (Å²) < 4.78 is 11.6. The molecule has 0 bridgehead atoms. The molecule has 2 heterocycles. The standard InChI is InChI=1S/C45H76O2Si4/c1-45(2,27-11-29-48(3,4)37-15-19-39(20-16-37)50(7,8)31-25-35-13-23-41-43(33-35)46-41)28-12-30-49(5,6)38-17-21-40(22-18-38)51(9,10)32-26-36-14-24-42-44(34-36)47-42/h15-22,35-36,41-44H,11-14,23-34H2,1-10H3. The Morgan fingerprint density at radius 3 is 1.10 bits per heavy atom. The molecule has 0 radical (unpaired) electrons. The Bertz CT molecular complexity index is 1320. The topological polar surface area (TPSA) is 25.1 Å². The fourth-order valence-corrected chi connectivity index (χ4v) is 19.9. The van der Waals surface area contributed by atoms with Gasteiger partial charge in [-0.15, -0.1) is 0 Å². The van der Waals surface area contributed by atoms with Crippen LogP contribution in [0.4, 0.5) is 0 Å². The molecule has 2 aliphatic heterocycles. The number of benzene rings is 2. The number of hydrogen-bond donors (Lipinski definition) is 0. The van der Waals surface area contributed by atoms with Crippen LogP contribution in [0, 0.1) is 17.3 Å². The second-order valence-corrected chi connectivity index (χ2v) is 40.8. The summed E-state index contributed by atoms with van der Waals surface area (Å²) in [5.74, 6) is 1.81. The SMILES string of the molecule is CC(C)(CCC[Si](C)(C)c1ccc([Si](C)(C)CCC2CCC3OC3C2)cc1)CCC[Si](C)(C)c1ccc([Si](C)(C)CCC2CCC3OC3C2)cc1. The van der Waals surface area contributed by atoms with Crippen LogP contribution in [0.1, 0.15) is 90.9 Å². The lowest BCUT2D eigenvalue weighted by atomic mass is 9.84. The molecule has 2 nitrogen and oxygen atoms in total. The average molecular weight is 761 g/mol. The van der Waals surface area contributed by atoms with E-state index in [1.807, 2.05) is 0 Å². The zero-order chi connectivity index (χ0) is 36.7. The van der Waals surface area contributed by atoms with E-state index in [0.717, 1.165) is 11.8 Å². The van der Waals surface area contributed by atoms with Crippen LogP contribution >= 0.6 is 0 Å². The quantitative estimate of drug-likeness (QED) is 0.112. The van der Waals surface area contributed by atoms with Crippen LogP contribution in [0.25, 0.3) is 0 Å². The maximum atomic E-state index is 5.81. The summed E-state index contributed by atoms with van der Waals surface area (Å²) in [6.45, 7) is 26.0. The summed E-state index contributed by atoms with van der Waals surface area (Å²) in [6, 6.07) is 26.0. The summed E-state index contributed by atoms with van der Waals surface area (Å²) in [5.41, 5.74) is 0.434. The number of fused-ring (bicyclic) bond motifs is 2. The van der Waals surface area contributed by atoms with Crippen molar-refractivity contribution >= 4 is 53.0 Å². The van der Waals surface area contributed by atoms with Crippen LogP contribution in [-0.2, 0) is 9.47 Å². The van der Waals surface area contributed by atoms with Gasteiger partial charge in [-0.1, -0.05) is 185 Å². The van der Waals surface area contributed by atoms with E-state index in [2.05, 4.69) is 115 Å². The molecule has 6 rings (SSSR count). The van der Waals surface area contributed by atoms with Crippen molar-refractivity contribution in [2.45, 2.75) is 192 Å². The Morgan fingerprint density at radius 2 is 0.784 bits per heavy atom. The Kier molecular flexibility index (Phi) is 12.3. The van der Waals surface area contributed by atoms with E-state index in [4.69, 9.17) is 9.47 Å². The molecule has 0 aromatic heterocycles. The third-order valence-electron chi connectivity index (χ3n) is 14.8. The number of hydrogen-bond acceptors (Lipinski definition) is 2. The summed E-state index contributed by atoms with van der Waals surface area (Å²) >= 11 is 0. The van der Waals surface area contributed by atoms with Crippen LogP contribution < -0.4 is 20.7 Å². The molecule has 2 aromatic carbocycles. The minimum Gasteiger partial charge on any atom is -0.370 e. The average Bonchev–Trinajstić information content (AvgIpc) is 4.01. The van der Waals surface area contributed by atoms with Gasteiger partial charge in [0.15, 0.2) is 0 Å². The summed E-state index contributed by atoms with van der Waals surface area (Å²) in [7, 11) is -5.68. The van der Waals surface area contributed by atoms with Gasteiger partial charge >= 0.3 is 0 Å². The Balaban J connectivity index is 0.909. The predicted molar refractivity (Wildman–Crippen MR) is 234 cm³/mol. The zero-order valence-corrected chi connectivity index (χ0v) is 38.7. The van der Waals surface area contributed by atoms with Gasteiger partial charge in [-0.2, -0.15) is 0 Å². The molecule has 6 atom stereocenters. The third-order valence-corrected chi connectivity index (χ3v) is 28.7. The van der Waals surface area contributed by atoms with Crippen molar-refractivity contribution in [1.29, 1.82) is 0 Å². The zero-order valence-electron chi connectivity index (χ0n) is 34.7. The van der Waals surface area contributed by atoms with Gasteiger partial charge in [-0.05, 0) is 68.6 Å². The molecule has 6 unspecified atom stereocenters. The molecule has 0 N–H and O–H groups in total. The number of epoxide rings is 2. The third kappa shape index (κ3) is 10.7. The Morgan fingerprint density at radius 1 is 0.471 bits per heavy atom. The van der Waals surface area contributed by atoms with E-state index in [0.29, 0.717) is 29.8 Å². The molecule has 284 valence electrons. The second kappa shape index (κ2) is 15.8. The molecule has 2 aromatic rings. The highest BCUT2D eigenvalue weighted by molar-refractivity contribution is 6.92. The van der Waals surface area contributed by atoms with E-state index in [1.54, 1.807) is 20.7 Å². The predicted octanol–water partition coefficient (Wildman–Crippen LogP) is 10.6. The summed E-state index contributed by atoms with van der Waals surface area (Å²) in [5, 5.41) is 6.66. The first-order chi connectivity index (χ1) is 23.9.